The summed E-state index contributed by atoms with van der Waals surface area (Å²) in [6, 6.07) is 4.13. The van der Waals surface area contributed by atoms with Crippen LogP contribution in [0.2, 0.25) is 0 Å². The van der Waals surface area contributed by atoms with E-state index in [1.807, 2.05) is 0 Å². The second-order valence-corrected chi connectivity index (χ2v) is 2.93. The highest BCUT2D eigenvalue weighted by Gasteiger charge is 2.32. The van der Waals surface area contributed by atoms with Crippen LogP contribution in [0.4, 0.5) is 13.2 Å². The molecule has 84 valence electrons. The molecule has 6 heteroatoms. The van der Waals surface area contributed by atoms with E-state index in [0.717, 1.165) is 0 Å². The summed E-state index contributed by atoms with van der Waals surface area (Å²) in [5.74, 6) is -0.262. The zero-order valence-electron chi connectivity index (χ0n) is 7.77. The van der Waals surface area contributed by atoms with Crippen LogP contribution in [0, 0.1) is 0 Å². The lowest BCUT2D eigenvalue weighted by molar-refractivity contribution is -0.275. The molecule has 1 rings (SSSR count). The number of rotatable bonds is 3. The standard InChI is InChI=1S/C9H8ClF3O2/c1-14-7-3-2-6(5-10)4-8(7)15-9(11,12)13/h2-4H,5H2,1H3. The second kappa shape index (κ2) is 4.61. The molecule has 0 aliphatic rings. The Morgan fingerprint density at radius 3 is 2.40 bits per heavy atom. The molecule has 0 fully saturated rings. The first kappa shape index (κ1) is 12.0. The van der Waals surface area contributed by atoms with Crippen molar-refractivity contribution in [2.24, 2.45) is 0 Å². The quantitative estimate of drug-likeness (QED) is 0.755. The van der Waals surface area contributed by atoms with Crippen molar-refractivity contribution >= 4 is 11.6 Å². The van der Waals surface area contributed by atoms with Gasteiger partial charge in [-0.25, -0.2) is 0 Å². The molecule has 0 heterocycles. The van der Waals surface area contributed by atoms with E-state index in [1.54, 1.807) is 6.07 Å². The molecule has 0 N–H and O–H groups in total. The van der Waals surface area contributed by atoms with E-state index in [4.69, 9.17) is 16.3 Å². The van der Waals surface area contributed by atoms with Crippen molar-refractivity contribution in [3.8, 4) is 11.5 Å². The molecular weight excluding hydrogens is 233 g/mol. The Hall–Kier alpha value is -1.10. The van der Waals surface area contributed by atoms with E-state index >= 15 is 0 Å². The van der Waals surface area contributed by atoms with Crippen LogP contribution in [0.1, 0.15) is 5.56 Å². The lowest BCUT2D eigenvalue weighted by Gasteiger charge is -2.13. The third kappa shape index (κ3) is 3.51. The largest absolute Gasteiger partial charge is 0.573 e. The van der Waals surface area contributed by atoms with E-state index in [0.29, 0.717) is 5.56 Å². The molecule has 0 spiro atoms. The second-order valence-electron chi connectivity index (χ2n) is 2.67. The van der Waals surface area contributed by atoms with Crippen LogP contribution in [-0.4, -0.2) is 13.5 Å². The molecule has 15 heavy (non-hydrogen) atoms. The first-order valence-electron chi connectivity index (χ1n) is 3.95. The van der Waals surface area contributed by atoms with E-state index in [2.05, 4.69) is 4.74 Å². The average molecular weight is 241 g/mol. The number of ether oxygens (including phenoxy) is 2. The van der Waals surface area contributed by atoms with Crippen LogP contribution >= 0.6 is 11.6 Å². The first-order chi connectivity index (χ1) is 6.96. The Kier molecular flexibility index (Phi) is 3.68. The maximum Gasteiger partial charge on any atom is 0.573 e. The minimum atomic E-state index is -4.74. The first-order valence-corrected chi connectivity index (χ1v) is 4.48. The van der Waals surface area contributed by atoms with Crippen molar-refractivity contribution < 1.29 is 22.6 Å². The SMILES string of the molecule is COc1ccc(CCl)cc1OC(F)(F)F. The normalized spacial score (nSPS) is 11.3. The maximum atomic E-state index is 12.0. The lowest BCUT2D eigenvalue weighted by atomic mass is 10.2. The van der Waals surface area contributed by atoms with Gasteiger partial charge in [-0.05, 0) is 17.7 Å². The Bertz CT molecular complexity index is 339. The average Bonchev–Trinajstić information content (AvgIpc) is 2.15. The topological polar surface area (TPSA) is 18.5 Å². The summed E-state index contributed by atoms with van der Waals surface area (Å²) in [6.07, 6.45) is -4.74. The van der Waals surface area contributed by atoms with Gasteiger partial charge in [-0.3, -0.25) is 0 Å². The predicted molar refractivity (Wildman–Crippen MR) is 49.2 cm³/mol. The number of benzene rings is 1. The third-order valence-corrected chi connectivity index (χ3v) is 1.92. The van der Waals surface area contributed by atoms with Crippen LogP contribution in [0.5, 0.6) is 11.5 Å². The van der Waals surface area contributed by atoms with Gasteiger partial charge in [0.15, 0.2) is 11.5 Å². The zero-order chi connectivity index (χ0) is 11.5. The Labute approximate surface area is 89.6 Å². The van der Waals surface area contributed by atoms with Gasteiger partial charge in [0.25, 0.3) is 0 Å². The maximum absolute atomic E-state index is 12.0. The Morgan fingerprint density at radius 2 is 1.93 bits per heavy atom. The fraction of sp³-hybridized carbons (Fsp3) is 0.333. The smallest absolute Gasteiger partial charge is 0.493 e. The van der Waals surface area contributed by atoms with Gasteiger partial charge in [-0.2, -0.15) is 0 Å². The van der Waals surface area contributed by atoms with Crippen LogP contribution in [0.3, 0.4) is 0 Å². The lowest BCUT2D eigenvalue weighted by Crippen LogP contribution is -2.17. The minimum Gasteiger partial charge on any atom is -0.493 e. The monoisotopic (exact) mass is 240 g/mol. The van der Waals surface area contributed by atoms with Gasteiger partial charge in [0.1, 0.15) is 0 Å². The molecule has 1 aromatic rings. The highest BCUT2D eigenvalue weighted by atomic mass is 35.5. The molecule has 0 saturated carbocycles. The molecule has 0 radical (unpaired) electrons. The number of halogens is 4. The molecule has 0 saturated heterocycles. The van der Waals surface area contributed by atoms with Crippen LogP contribution in [-0.2, 0) is 5.88 Å². The van der Waals surface area contributed by atoms with Crippen molar-refractivity contribution in [2.45, 2.75) is 12.2 Å². The number of methoxy groups -OCH3 is 1. The van der Waals surface area contributed by atoms with Gasteiger partial charge in [0.05, 0.1) is 7.11 Å². The van der Waals surface area contributed by atoms with E-state index in [-0.39, 0.29) is 17.4 Å². The van der Waals surface area contributed by atoms with E-state index in [1.165, 1.54) is 19.2 Å². The summed E-state index contributed by atoms with van der Waals surface area (Å²) in [5.41, 5.74) is 0.525. The molecule has 0 aliphatic heterocycles. The molecular formula is C9H8ClF3O2. The number of alkyl halides is 4. The Balaban J connectivity index is 3.01. The van der Waals surface area contributed by atoms with Gasteiger partial charge in [-0.15, -0.1) is 24.8 Å². The number of hydrogen-bond donors (Lipinski definition) is 0. The van der Waals surface area contributed by atoms with Crippen molar-refractivity contribution in [1.82, 2.24) is 0 Å². The predicted octanol–water partition coefficient (Wildman–Crippen LogP) is 3.33. The van der Waals surface area contributed by atoms with E-state index < -0.39 is 6.36 Å². The summed E-state index contributed by atoms with van der Waals surface area (Å²) < 4.78 is 44.5. The fourth-order valence-corrected chi connectivity index (χ4v) is 1.17. The van der Waals surface area contributed by atoms with E-state index in [9.17, 15) is 13.2 Å². The van der Waals surface area contributed by atoms with Crippen molar-refractivity contribution in [3.63, 3.8) is 0 Å². The summed E-state index contributed by atoms with van der Waals surface area (Å²) in [7, 11) is 1.26. The van der Waals surface area contributed by atoms with Crippen LogP contribution in [0.15, 0.2) is 18.2 Å². The highest BCUT2D eigenvalue weighted by molar-refractivity contribution is 6.17. The van der Waals surface area contributed by atoms with Crippen molar-refractivity contribution in [2.75, 3.05) is 7.11 Å². The van der Waals surface area contributed by atoms with Crippen molar-refractivity contribution in [1.29, 1.82) is 0 Å². The molecule has 2 nitrogen and oxygen atoms in total. The number of hydrogen-bond acceptors (Lipinski definition) is 2. The molecule has 0 aliphatic carbocycles. The van der Waals surface area contributed by atoms with Crippen LogP contribution < -0.4 is 9.47 Å². The highest BCUT2D eigenvalue weighted by Crippen LogP contribution is 2.33. The summed E-state index contributed by atoms with van der Waals surface area (Å²) >= 11 is 5.49. The molecule has 0 unspecified atom stereocenters. The molecule has 0 aromatic heterocycles. The van der Waals surface area contributed by atoms with Crippen LogP contribution in [0.25, 0.3) is 0 Å². The fourth-order valence-electron chi connectivity index (χ4n) is 1.01. The van der Waals surface area contributed by atoms with Gasteiger partial charge in [0, 0.05) is 5.88 Å². The van der Waals surface area contributed by atoms with Gasteiger partial charge in [0.2, 0.25) is 0 Å². The summed E-state index contributed by atoms with van der Waals surface area (Å²) in [5, 5.41) is 0. The van der Waals surface area contributed by atoms with Gasteiger partial charge in [-0.1, -0.05) is 6.07 Å². The molecule has 0 amide bonds. The third-order valence-electron chi connectivity index (χ3n) is 1.61. The summed E-state index contributed by atoms with van der Waals surface area (Å²) in [4.78, 5) is 0. The zero-order valence-corrected chi connectivity index (χ0v) is 8.52. The molecule has 0 bridgehead atoms. The van der Waals surface area contributed by atoms with Crippen molar-refractivity contribution in [3.05, 3.63) is 23.8 Å². The minimum absolute atomic E-state index is 0.0150. The summed E-state index contributed by atoms with van der Waals surface area (Å²) in [6.45, 7) is 0. The molecule has 0 atom stereocenters. The Morgan fingerprint density at radius 1 is 1.27 bits per heavy atom. The molecule has 1 aromatic carbocycles. The van der Waals surface area contributed by atoms with Gasteiger partial charge >= 0.3 is 6.36 Å². The van der Waals surface area contributed by atoms with Gasteiger partial charge < -0.3 is 9.47 Å².